The highest BCUT2D eigenvalue weighted by Crippen LogP contribution is 2.43. The first-order valence-electron chi connectivity index (χ1n) is 7.18. The zero-order valence-electron chi connectivity index (χ0n) is 11.7. The van der Waals surface area contributed by atoms with E-state index in [-0.39, 0.29) is 0 Å². The van der Waals surface area contributed by atoms with Crippen LogP contribution in [0.1, 0.15) is 57.7 Å². The van der Waals surface area contributed by atoms with Gasteiger partial charge in [0.15, 0.2) is 0 Å². The molecule has 1 aromatic rings. The van der Waals surface area contributed by atoms with Crippen molar-refractivity contribution in [2.24, 2.45) is 0 Å². The van der Waals surface area contributed by atoms with E-state index in [0.717, 1.165) is 25.7 Å². The summed E-state index contributed by atoms with van der Waals surface area (Å²) in [7, 11) is 0. The van der Waals surface area contributed by atoms with Crippen molar-refractivity contribution in [3.8, 4) is 0 Å². The van der Waals surface area contributed by atoms with Crippen molar-refractivity contribution in [2.45, 2.75) is 64.2 Å². The molecule has 1 heterocycles. The van der Waals surface area contributed by atoms with Gasteiger partial charge >= 0.3 is 0 Å². The fraction of sp³-hybridized carbons (Fsp3) is 0.786. The molecule has 0 aliphatic heterocycles. The molecule has 1 aliphatic rings. The Labute approximate surface area is 119 Å². The van der Waals surface area contributed by atoms with Gasteiger partial charge in [-0.25, -0.2) is 0 Å². The summed E-state index contributed by atoms with van der Waals surface area (Å²) in [6.07, 6.45) is 6.06. The lowest BCUT2D eigenvalue weighted by atomic mass is 9.79. The van der Waals surface area contributed by atoms with Crippen LogP contribution in [0.5, 0.6) is 0 Å². The molecule has 0 saturated heterocycles. The van der Waals surface area contributed by atoms with Gasteiger partial charge in [-0.05, 0) is 26.7 Å². The standard InChI is InChI=1S/C14H23ClN2O2/c1-3-17-12(11(15)10-16-17)13(18)14(19-4-2)8-6-5-7-9-14/h10,13,18H,3-9H2,1-2H3. The van der Waals surface area contributed by atoms with Gasteiger partial charge in [0.25, 0.3) is 0 Å². The van der Waals surface area contributed by atoms with E-state index in [1.165, 1.54) is 6.42 Å². The van der Waals surface area contributed by atoms with E-state index in [1.54, 1.807) is 10.9 Å². The molecule has 1 N–H and O–H groups in total. The first kappa shape index (κ1) is 14.8. The Bertz CT molecular complexity index is 408. The lowest BCUT2D eigenvalue weighted by molar-refractivity contribution is -0.144. The monoisotopic (exact) mass is 286 g/mol. The summed E-state index contributed by atoms with van der Waals surface area (Å²) in [4.78, 5) is 0. The predicted molar refractivity (Wildman–Crippen MR) is 75.3 cm³/mol. The molecular weight excluding hydrogens is 264 g/mol. The smallest absolute Gasteiger partial charge is 0.126 e. The molecule has 1 saturated carbocycles. The highest BCUT2D eigenvalue weighted by atomic mass is 35.5. The van der Waals surface area contributed by atoms with E-state index >= 15 is 0 Å². The highest BCUT2D eigenvalue weighted by molar-refractivity contribution is 6.31. The van der Waals surface area contributed by atoms with E-state index in [4.69, 9.17) is 16.3 Å². The second kappa shape index (κ2) is 6.25. The Morgan fingerprint density at radius 3 is 2.68 bits per heavy atom. The van der Waals surface area contributed by atoms with Crippen molar-refractivity contribution in [3.63, 3.8) is 0 Å². The average molecular weight is 287 g/mol. The Morgan fingerprint density at radius 2 is 2.11 bits per heavy atom. The average Bonchev–Trinajstić information content (AvgIpc) is 2.80. The molecular formula is C14H23ClN2O2. The maximum atomic E-state index is 10.8. The minimum absolute atomic E-state index is 0.496. The lowest BCUT2D eigenvalue weighted by Crippen LogP contribution is -2.42. The van der Waals surface area contributed by atoms with Crippen LogP contribution in [0.15, 0.2) is 6.20 Å². The van der Waals surface area contributed by atoms with Gasteiger partial charge in [0, 0.05) is 13.2 Å². The fourth-order valence-corrected chi connectivity index (χ4v) is 3.32. The van der Waals surface area contributed by atoms with Crippen LogP contribution in [-0.4, -0.2) is 27.1 Å². The van der Waals surface area contributed by atoms with Crippen LogP contribution >= 0.6 is 11.6 Å². The second-order valence-corrected chi connectivity index (χ2v) is 5.56. The predicted octanol–water partition coefficient (Wildman–Crippen LogP) is 3.33. The fourth-order valence-electron chi connectivity index (χ4n) is 3.08. The zero-order valence-corrected chi connectivity index (χ0v) is 12.5. The third kappa shape index (κ3) is 2.81. The van der Waals surface area contributed by atoms with E-state index in [9.17, 15) is 5.11 Å². The van der Waals surface area contributed by atoms with Crippen LogP contribution < -0.4 is 0 Å². The summed E-state index contributed by atoms with van der Waals surface area (Å²) in [6, 6.07) is 0. The van der Waals surface area contributed by atoms with Crippen LogP contribution in [0, 0.1) is 0 Å². The summed E-state index contributed by atoms with van der Waals surface area (Å²) in [5, 5.41) is 15.6. The molecule has 0 aromatic carbocycles. The van der Waals surface area contributed by atoms with Crippen molar-refractivity contribution >= 4 is 11.6 Å². The molecule has 1 atom stereocenters. The van der Waals surface area contributed by atoms with Crippen LogP contribution in [0.2, 0.25) is 5.02 Å². The van der Waals surface area contributed by atoms with Gasteiger partial charge < -0.3 is 9.84 Å². The molecule has 1 fully saturated rings. The second-order valence-electron chi connectivity index (χ2n) is 5.15. The van der Waals surface area contributed by atoms with E-state index in [0.29, 0.717) is 23.9 Å². The Hall–Kier alpha value is -0.580. The number of ether oxygens (including phenoxy) is 1. The van der Waals surface area contributed by atoms with Crippen molar-refractivity contribution < 1.29 is 9.84 Å². The number of aliphatic hydroxyl groups is 1. The number of aromatic nitrogens is 2. The van der Waals surface area contributed by atoms with Gasteiger partial charge in [0.1, 0.15) is 6.10 Å². The van der Waals surface area contributed by atoms with Gasteiger partial charge in [-0.2, -0.15) is 5.10 Å². The van der Waals surface area contributed by atoms with Crippen molar-refractivity contribution in [2.75, 3.05) is 6.61 Å². The minimum atomic E-state index is -0.706. The molecule has 5 heteroatoms. The van der Waals surface area contributed by atoms with Gasteiger partial charge in [0.05, 0.1) is 22.5 Å². The summed E-state index contributed by atoms with van der Waals surface area (Å²) in [5.74, 6) is 0. The lowest BCUT2D eigenvalue weighted by Gasteiger charge is -2.41. The minimum Gasteiger partial charge on any atom is -0.384 e. The van der Waals surface area contributed by atoms with Crippen molar-refractivity contribution in [1.82, 2.24) is 9.78 Å². The highest BCUT2D eigenvalue weighted by Gasteiger charge is 2.42. The topological polar surface area (TPSA) is 47.3 Å². The van der Waals surface area contributed by atoms with Gasteiger partial charge in [-0.15, -0.1) is 0 Å². The molecule has 1 unspecified atom stereocenters. The largest absolute Gasteiger partial charge is 0.384 e. The molecule has 1 aromatic heterocycles. The van der Waals surface area contributed by atoms with Crippen LogP contribution in [-0.2, 0) is 11.3 Å². The maximum Gasteiger partial charge on any atom is 0.126 e. The molecule has 0 radical (unpaired) electrons. The summed E-state index contributed by atoms with van der Waals surface area (Å²) in [5.41, 5.74) is 0.198. The number of nitrogens with zero attached hydrogens (tertiary/aromatic N) is 2. The van der Waals surface area contributed by atoms with Crippen LogP contribution in [0.4, 0.5) is 0 Å². The Morgan fingerprint density at radius 1 is 1.42 bits per heavy atom. The van der Waals surface area contributed by atoms with E-state index in [2.05, 4.69) is 5.10 Å². The molecule has 0 amide bonds. The molecule has 2 rings (SSSR count). The summed E-state index contributed by atoms with van der Waals surface area (Å²) >= 11 is 6.20. The quantitative estimate of drug-likeness (QED) is 0.903. The number of hydrogen-bond donors (Lipinski definition) is 1. The van der Waals surface area contributed by atoms with Gasteiger partial charge in [-0.1, -0.05) is 30.9 Å². The number of rotatable bonds is 5. The maximum absolute atomic E-state index is 10.8. The molecule has 19 heavy (non-hydrogen) atoms. The third-order valence-corrected chi connectivity index (χ3v) is 4.31. The third-order valence-electron chi connectivity index (χ3n) is 4.02. The van der Waals surface area contributed by atoms with Crippen molar-refractivity contribution in [1.29, 1.82) is 0 Å². The molecule has 0 bridgehead atoms. The Kier molecular flexibility index (Phi) is 4.87. The van der Waals surface area contributed by atoms with Gasteiger partial charge in [-0.3, -0.25) is 4.68 Å². The molecule has 4 nitrogen and oxygen atoms in total. The first-order valence-corrected chi connectivity index (χ1v) is 7.55. The van der Waals surface area contributed by atoms with E-state index < -0.39 is 11.7 Å². The first-order chi connectivity index (χ1) is 9.14. The number of hydrogen-bond acceptors (Lipinski definition) is 3. The normalized spacial score (nSPS) is 20.4. The Balaban J connectivity index is 2.32. The van der Waals surface area contributed by atoms with Crippen LogP contribution in [0.3, 0.4) is 0 Å². The molecule has 1 aliphatic carbocycles. The SMILES string of the molecule is CCOC1(C(O)c2c(Cl)cnn2CC)CCCCC1. The number of aryl methyl sites for hydroxylation is 1. The van der Waals surface area contributed by atoms with Crippen LogP contribution in [0.25, 0.3) is 0 Å². The van der Waals surface area contributed by atoms with Gasteiger partial charge in [0.2, 0.25) is 0 Å². The number of halogens is 1. The van der Waals surface area contributed by atoms with Crippen molar-refractivity contribution in [3.05, 3.63) is 16.9 Å². The molecule has 0 spiro atoms. The summed E-state index contributed by atoms with van der Waals surface area (Å²) < 4.78 is 7.73. The summed E-state index contributed by atoms with van der Waals surface area (Å²) in [6.45, 7) is 5.27. The number of aliphatic hydroxyl groups excluding tert-OH is 1. The molecule has 108 valence electrons. The van der Waals surface area contributed by atoms with E-state index in [1.807, 2.05) is 13.8 Å². The zero-order chi connectivity index (χ0) is 13.9.